The zero-order valence-corrected chi connectivity index (χ0v) is 13.9. The fraction of sp³-hybridized carbons (Fsp3) is 0.278. The molecule has 0 radical (unpaired) electrons. The van der Waals surface area contributed by atoms with Crippen LogP contribution in [-0.4, -0.2) is 37.4 Å². The van der Waals surface area contributed by atoms with Gasteiger partial charge in [-0.25, -0.2) is 0 Å². The first-order valence-electron chi connectivity index (χ1n) is 7.81. The Kier molecular flexibility index (Phi) is 4.92. The van der Waals surface area contributed by atoms with Crippen LogP contribution in [0.5, 0.6) is 17.2 Å². The molecule has 1 amide bonds. The highest BCUT2D eigenvalue weighted by molar-refractivity contribution is 5.94. The third kappa shape index (κ3) is 4.38. The van der Waals surface area contributed by atoms with Crippen molar-refractivity contribution < 1.29 is 32.2 Å². The van der Waals surface area contributed by atoms with E-state index in [4.69, 9.17) is 9.47 Å². The zero-order chi connectivity index (χ0) is 18.7. The molecule has 26 heavy (non-hydrogen) atoms. The molecule has 0 spiro atoms. The van der Waals surface area contributed by atoms with Gasteiger partial charge in [0.15, 0.2) is 11.5 Å². The van der Waals surface area contributed by atoms with Crippen LogP contribution >= 0.6 is 0 Å². The Labute approximate surface area is 147 Å². The number of alkyl halides is 3. The lowest BCUT2D eigenvalue weighted by atomic mass is 10.1. The fourth-order valence-corrected chi connectivity index (χ4v) is 2.54. The Bertz CT molecular complexity index is 790. The van der Waals surface area contributed by atoms with E-state index in [-0.39, 0.29) is 18.2 Å². The first-order chi connectivity index (χ1) is 12.3. The van der Waals surface area contributed by atoms with E-state index in [1.165, 1.54) is 29.2 Å². The summed E-state index contributed by atoms with van der Waals surface area (Å²) in [5.41, 5.74) is 1.11. The van der Waals surface area contributed by atoms with E-state index in [0.29, 0.717) is 35.8 Å². The SMILES string of the molecule is CN(Cc1ccc(OC(F)(F)F)cc1)C(=O)c1ccc2c(c1)OCCO2. The van der Waals surface area contributed by atoms with Crippen LogP contribution < -0.4 is 14.2 Å². The number of nitrogens with zero attached hydrogens (tertiary/aromatic N) is 1. The van der Waals surface area contributed by atoms with Crippen molar-refractivity contribution in [1.82, 2.24) is 4.90 Å². The van der Waals surface area contributed by atoms with Crippen molar-refractivity contribution in [3.8, 4) is 17.2 Å². The second-order valence-corrected chi connectivity index (χ2v) is 5.71. The molecule has 0 aromatic heterocycles. The Morgan fingerprint density at radius 2 is 1.73 bits per heavy atom. The van der Waals surface area contributed by atoms with Gasteiger partial charge >= 0.3 is 6.36 Å². The number of fused-ring (bicyclic) bond motifs is 1. The number of ether oxygens (including phenoxy) is 3. The Hall–Kier alpha value is -2.90. The highest BCUT2D eigenvalue weighted by Gasteiger charge is 2.31. The first kappa shape index (κ1) is 17.9. The van der Waals surface area contributed by atoms with Gasteiger partial charge < -0.3 is 19.1 Å². The van der Waals surface area contributed by atoms with Gasteiger partial charge in [0, 0.05) is 19.2 Å². The van der Waals surface area contributed by atoms with Gasteiger partial charge in [0.1, 0.15) is 19.0 Å². The molecule has 3 rings (SSSR count). The Morgan fingerprint density at radius 3 is 2.38 bits per heavy atom. The van der Waals surface area contributed by atoms with Crippen molar-refractivity contribution in [3.05, 3.63) is 53.6 Å². The van der Waals surface area contributed by atoms with Gasteiger partial charge in [0.05, 0.1) is 0 Å². The maximum atomic E-state index is 12.5. The predicted molar refractivity (Wildman–Crippen MR) is 86.4 cm³/mol. The molecule has 0 bridgehead atoms. The largest absolute Gasteiger partial charge is 0.573 e. The van der Waals surface area contributed by atoms with Crippen LogP contribution in [0.15, 0.2) is 42.5 Å². The average molecular weight is 367 g/mol. The van der Waals surface area contributed by atoms with Crippen LogP contribution in [0.3, 0.4) is 0 Å². The van der Waals surface area contributed by atoms with Gasteiger partial charge in [-0.1, -0.05) is 12.1 Å². The van der Waals surface area contributed by atoms with Gasteiger partial charge in [-0.05, 0) is 35.9 Å². The van der Waals surface area contributed by atoms with E-state index in [1.807, 2.05) is 0 Å². The topological polar surface area (TPSA) is 48.0 Å². The van der Waals surface area contributed by atoms with E-state index < -0.39 is 6.36 Å². The number of rotatable bonds is 4. The van der Waals surface area contributed by atoms with Gasteiger partial charge in [-0.15, -0.1) is 13.2 Å². The molecule has 0 N–H and O–H groups in total. The minimum absolute atomic E-state index is 0.236. The number of benzene rings is 2. The van der Waals surface area contributed by atoms with Crippen LogP contribution in [0.25, 0.3) is 0 Å². The van der Waals surface area contributed by atoms with Crippen molar-refractivity contribution in [2.24, 2.45) is 0 Å². The number of halogens is 3. The maximum absolute atomic E-state index is 12.5. The summed E-state index contributed by atoms with van der Waals surface area (Å²) in [5.74, 6) is 0.569. The van der Waals surface area contributed by atoms with Crippen molar-refractivity contribution in [3.63, 3.8) is 0 Å². The molecule has 1 aliphatic heterocycles. The summed E-state index contributed by atoms with van der Waals surface area (Å²) in [4.78, 5) is 14.0. The molecule has 1 heterocycles. The molecule has 138 valence electrons. The molecule has 1 aliphatic rings. The summed E-state index contributed by atoms with van der Waals surface area (Å²) in [5, 5.41) is 0. The third-order valence-electron chi connectivity index (χ3n) is 3.71. The number of hydrogen-bond donors (Lipinski definition) is 0. The van der Waals surface area contributed by atoms with Crippen LogP contribution in [0.2, 0.25) is 0 Å². The fourth-order valence-electron chi connectivity index (χ4n) is 2.54. The van der Waals surface area contributed by atoms with Crippen molar-refractivity contribution in [1.29, 1.82) is 0 Å². The molecular weight excluding hydrogens is 351 g/mol. The highest BCUT2D eigenvalue weighted by atomic mass is 19.4. The van der Waals surface area contributed by atoms with Gasteiger partial charge in [0.25, 0.3) is 5.91 Å². The van der Waals surface area contributed by atoms with Gasteiger partial charge in [-0.3, -0.25) is 4.79 Å². The Balaban J connectivity index is 1.65. The molecule has 8 heteroatoms. The molecule has 0 unspecified atom stereocenters. The van der Waals surface area contributed by atoms with E-state index in [9.17, 15) is 18.0 Å². The van der Waals surface area contributed by atoms with Crippen LogP contribution in [-0.2, 0) is 6.54 Å². The lowest BCUT2D eigenvalue weighted by Gasteiger charge is -2.21. The second-order valence-electron chi connectivity index (χ2n) is 5.71. The smallest absolute Gasteiger partial charge is 0.486 e. The maximum Gasteiger partial charge on any atom is 0.573 e. The van der Waals surface area contributed by atoms with E-state index >= 15 is 0 Å². The minimum atomic E-state index is -4.73. The first-order valence-corrected chi connectivity index (χ1v) is 7.81. The summed E-state index contributed by atoms with van der Waals surface area (Å²) in [6.45, 7) is 1.13. The predicted octanol–water partition coefficient (Wildman–Crippen LogP) is 3.63. The summed E-state index contributed by atoms with van der Waals surface area (Å²) < 4.78 is 51.2. The Morgan fingerprint density at radius 1 is 1.08 bits per heavy atom. The number of carbonyl (C=O) groups excluding carboxylic acids is 1. The summed E-state index contributed by atoms with van der Waals surface area (Å²) in [6.07, 6.45) is -4.73. The van der Waals surface area contributed by atoms with E-state index in [0.717, 1.165) is 0 Å². The molecule has 0 atom stereocenters. The van der Waals surface area contributed by atoms with Crippen LogP contribution in [0.1, 0.15) is 15.9 Å². The summed E-state index contributed by atoms with van der Waals surface area (Å²) >= 11 is 0. The van der Waals surface area contributed by atoms with Crippen LogP contribution in [0.4, 0.5) is 13.2 Å². The monoisotopic (exact) mass is 367 g/mol. The summed E-state index contributed by atoms with van der Waals surface area (Å²) in [7, 11) is 1.61. The van der Waals surface area contributed by atoms with Crippen molar-refractivity contribution in [2.45, 2.75) is 12.9 Å². The minimum Gasteiger partial charge on any atom is -0.486 e. The zero-order valence-electron chi connectivity index (χ0n) is 13.9. The average Bonchev–Trinajstić information content (AvgIpc) is 2.61. The molecule has 0 saturated carbocycles. The number of amides is 1. The lowest BCUT2D eigenvalue weighted by Crippen LogP contribution is -2.26. The molecular formula is C18H16F3NO4. The molecule has 0 fully saturated rings. The van der Waals surface area contributed by atoms with E-state index in [2.05, 4.69) is 4.74 Å². The molecule has 5 nitrogen and oxygen atoms in total. The molecule has 0 aliphatic carbocycles. The van der Waals surface area contributed by atoms with Gasteiger partial charge in [-0.2, -0.15) is 0 Å². The third-order valence-corrected chi connectivity index (χ3v) is 3.71. The lowest BCUT2D eigenvalue weighted by molar-refractivity contribution is -0.274. The van der Waals surface area contributed by atoms with Crippen molar-refractivity contribution in [2.75, 3.05) is 20.3 Å². The molecule has 0 saturated heterocycles. The molecule has 2 aromatic rings. The standard InChI is InChI=1S/C18H16F3NO4/c1-22(11-12-2-5-14(6-3-12)26-18(19,20)21)17(23)13-4-7-15-16(10-13)25-9-8-24-15/h2-7,10H,8-9,11H2,1H3. The normalized spacial score (nSPS) is 13.2. The van der Waals surface area contributed by atoms with Crippen LogP contribution in [0, 0.1) is 0 Å². The molecule has 2 aromatic carbocycles. The highest BCUT2D eigenvalue weighted by Crippen LogP contribution is 2.31. The van der Waals surface area contributed by atoms with Crippen molar-refractivity contribution >= 4 is 5.91 Å². The second kappa shape index (κ2) is 7.15. The quantitative estimate of drug-likeness (QED) is 0.828. The summed E-state index contributed by atoms with van der Waals surface area (Å²) in [6, 6.07) is 10.3. The van der Waals surface area contributed by atoms with Gasteiger partial charge in [0.2, 0.25) is 0 Å². The number of carbonyl (C=O) groups is 1. The number of hydrogen-bond acceptors (Lipinski definition) is 4. The van der Waals surface area contributed by atoms with E-state index in [1.54, 1.807) is 25.2 Å².